The molecule has 118 valence electrons. The summed E-state index contributed by atoms with van der Waals surface area (Å²) in [7, 11) is 3.39. The van der Waals surface area contributed by atoms with Gasteiger partial charge in [-0.15, -0.1) is 0 Å². The summed E-state index contributed by atoms with van der Waals surface area (Å²) in [6.45, 7) is 4.57. The molecule has 1 aromatic carbocycles. The van der Waals surface area contributed by atoms with Gasteiger partial charge in [-0.25, -0.2) is 0 Å². The molecule has 0 saturated carbocycles. The Balaban J connectivity index is 2.42. The fourth-order valence-electron chi connectivity index (χ4n) is 1.93. The molecule has 0 aromatic heterocycles. The van der Waals surface area contributed by atoms with Crippen LogP contribution in [0.25, 0.3) is 0 Å². The molecule has 0 radical (unpaired) electrons. The molecule has 0 aliphatic carbocycles. The SMILES string of the molecule is CCOC(=O)C(C)(CCCOc1cccc(OC)c1)NC. The average molecular weight is 295 g/mol. The number of ether oxygens (including phenoxy) is 3. The standard InChI is InChI=1S/C16H25NO4/c1-5-20-15(18)16(2,17-3)10-7-11-21-14-9-6-8-13(12-14)19-4/h6,8-9,12,17H,5,7,10-11H2,1-4H3. The second-order valence-corrected chi connectivity index (χ2v) is 4.93. The van der Waals surface area contributed by atoms with E-state index in [0.717, 1.165) is 17.9 Å². The minimum absolute atomic E-state index is 0.228. The highest BCUT2D eigenvalue weighted by Gasteiger charge is 2.32. The first kappa shape index (κ1) is 17.3. The number of likely N-dealkylation sites (N-methyl/N-ethyl adjacent to an activating group) is 1. The first-order chi connectivity index (χ1) is 10.1. The fraction of sp³-hybridized carbons (Fsp3) is 0.562. The first-order valence-electron chi connectivity index (χ1n) is 7.18. The third-order valence-electron chi connectivity index (χ3n) is 3.41. The van der Waals surface area contributed by atoms with Crippen LogP contribution >= 0.6 is 0 Å². The Hall–Kier alpha value is -1.75. The van der Waals surface area contributed by atoms with Crippen LogP contribution in [-0.2, 0) is 9.53 Å². The Kier molecular flexibility index (Phi) is 7.02. The van der Waals surface area contributed by atoms with Crippen molar-refractivity contribution in [2.45, 2.75) is 32.2 Å². The zero-order valence-electron chi connectivity index (χ0n) is 13.3. The third-order valence-corrected chi connectivity index (χ3v) is 3.41. The Labute approximate surface area is 126 Å². The molecule has 0 aliphatic heterocycles. The van der Waals surface area contributed by atoms with E-state index in [2.05, 4.69) is 5.32 Å². The molecule has 5 nitrogen and oxygen atoms in total. The number of nitrogens with one attached hydrogen (secondary N) is 1. The van der Waals surface area contributed by atoms with E-state index >= 15 is 0 Å². The van der Waals surface area contributed by atoms with Crippen molar-refractivity contribution in [1.82, 2.24) is 5.32 Å². The second-order valence-electron chi connectivity index (χ2n) is 4.93. The molecule has 21 heavy (non-hydrogen) atoms. The first-order valence-corrected chi connectivity index (χ1v) is 7.18. The molecule has 1 N–H and O–H groups in total. The number of carbonyl (C=O) groups is 1. The van der Waals surface area contributed by atoms with E-state index in [9.17, 15) is 4.79 Å². The molecule has 0 bridgehead atoms. The van der Waals surface area contributed by atoms with E-state index < -0.39 is 5.54 Å². The molecule has 0 heterocycles. The highest BCUT2D eigenvalue weighted by molar-refractivity contribution is 5.80. The van der Waals surface area contributed by atoms with Crippen molar-refractivity contribution in [2.75, 3.05) is 27.4 Å². The summed E-state index contributed by atoms with van der Waals surface area (Å²) < 4.78 is 15.9. The van der Waals surface area contributed by atoms with Crippen LogP contribution in [0.1, 0.15) is 26.7 Å². The van der Waals surface area contributed by atoms with Crippen molar-refractivity contribution in [2.24, 2.45) is 0 Å². The van der Waals surface area contributed by atoms with Crippen LogP contribution in [0.4, 0.5) is 0 Å². The normalized spacial score (nSPS) is 13.3. The number of hydrogen-bond donors (Lipinski definition) is 1. The van der Waals surface area contributed by atoms with E-state index in [1.807, 2.05) is 31.2 Å². The summed E-state index contributed by atoms with van der Waals surface area (Å²) in [5.41, 5.74) is -0.673. The Morgan fingerprint density at radius 3 is 2.67 bits per heavy atom. The van der Waals surface area contributed by atoms with Crippen molar-refractivity contribution in [3.8, 4) is 11.5 Å². The Morgan fingerprint density at radius 1 is 1.33 bits per heavy atom. The molecule has 1 rings (SSSR count). The van der Waals surface area contributed by atoms with E-state index in [-0.39, 0.29) is 5.97 Å². The van der Waals surface area contributed by atoms with Gasteiger partial charge in [0.05, 0.1) is 20.3 Å². The number of carbonyl (C=O) groups excluding carboxylic acids is 1. The van der Waals surface area contributed by atoms with Gasteiger partial charge >= 0.3 is 5.97 Å². The lowest BCUT2D eigenvalue weighted by molar-refractivity contribution is -0.150. The maximum atomic E-state index is 11.9. The number of rotatable bonds is 9. The van der Waals surface area contributed by atoms with Crippen molar-refractivity contribution in [3.63, 3.8) is 0 Å². The minimum Gasteiger partial charge on any atom is -0.497 e. The summed E-state index contributed by atoms with van der Waals surface area (Å²) in [4.78, 5) is 11.9. The second kappa shape index (κ2) is 8.52. The Morgan fingerprint density at radius 2 is 2.05 bits per heavy atom. The summed E-state index contributed by atoms with van der Waals surface area (Å²) in [6.07, 6.45) is 1.39. The van der Waals surface area contributed by atoms with Gasteiger partial charge in [-0.2, -0.15) is 0 Å². The summed E-state index contributed by atoms with van der Waals surface area (Å²) >= 11 is 0. The van der Waals surface area contributed by atoms with Gasteiger partial charge in [0.1, 0.15) is 17.0 Å². The molecule has 1 unspecified atom stereocenters. The van der Waals surface area contributed by atoms with Gasteiger partial charge in [0, 0.05) is 6.07 Å². The maximum absolute atomic E-state index is 11.9. The van der Waals surface area contributed by atoms with Crippen LogP contribution in [0.5, 0.6) is 11.5 Å². The van der Waals surface area contributed by atoms with Crippen molar-refractivity contribution in [3.05, 3.63) is 24.3 Å². The average Bonchev–Trinajstić information content (AvgIpc) is 2.51. The largest absolute Gasteiger partial charge is 0.497 e. The number of methoxy groups -OCH3 is 1. The molecule has 0 fully saturated rings. The van der Waals surface area contributed by atoms with Crippen LogP contribution in [-0.4, -0.2) is 38.9 Å². The van der Waals surface area contributed by atoms with Crippen LogP contribution in [0, 0.1) is 0 Å². The van der Waals surface area contributed by atoms with Crippen LogP contribution in [0.2, 0.25) is 0 Å². The lowest BCUT2D eigenvalue weighted by Crippen LogP contribution is -2.48. The van der Waals surface area contributed by atoms with E-state index in [1.54, 1.807) is 21.1 Å². The summed E-state index contributed by atoms with van der Waals surface area (Å²) in [5, 5.41) is 3.03. The number of benzene rings is 1. The van der Waals surface area contributed by atoms with Gasteiger partial charge in [0.25, 0.3) is 0 Å². The van der Waals surface area contributed by atoms with Crippen molar-refractivity contribution >= 4 is 5.97 Å². The molecule has 0 aliphatic rings. The lowest BCUT2D eigenvalue weighted by atomic mass is 9.96. The number of hydrogen-bond acceptors (Lipinski definition) is 5. The monoisotopic (exact) mass is 295 g/mol. The maximum Gasteiger partial charge on any atom is 0.326 e. The number of esters is 1. The Bertz CT molecular complexity index is 450. The summed E-state index contributed by atoms with van der Waals surface area (Å²) in [5.74, 6) is 1.30. The molecular formula is C16H25NO4. The smallest absolute Gasteiger partial charge is 0.326 e. The van der Waals surface area contributed by atoms with Crippen molar-refractivity contribution in [1.29, 1.82) is 0 Å². The molecule has 0 amide bonds. The summed E-state index contributed by atoms with van der Waals surface area (Å²) in [6, 6.07) is 7.46. The molecular weight excluding hydrogens is 270 g/mol. The highest BCUT2D eigenvalue weighted by atomic mass is 16.5. The zero-order valence-corrected chi connectivity index (χ0v) is 13.3. The zero-order chi connectivity index (χ0) is 15.7. The van der Waals surface area contributed by atoms with E-state index in [0.29, 0.717) is 19.6 Å². The van der Waals surface area contributed by atoms with Gasteiger partial charge in [-0.05, 0) is 45.9 Å². The quantitative estimate of drug-likeness (QED) is 0.560. The molecule has 1 atom stereocenters. The third kappa shape index (κ3) is 5.27. The van der Waals surface area contributed by atoms with Gasteiger partial charge in [-0.1, -0.05) is 6.07 Å². The fourth-order valence-corrected chi connectivity index (χ4v) is 1.93. The van der Waals surface area contributed by atoms with Crippen LogP contribution in [0.15, 0.2) is 24.3 Å². The lowest BCUT2D eigenvalue weighted by Gasteiger charge is -2.26. The van der Waals surface area contributed by atoms with Gasteiger partial charge in [0.15, 0.2) is 0 Å². The molecule has 1 aromatic rings. The van der Waals surface area contributed by atoms with E-state index in [1.165, 1.54) is 0 Å². The molecule has 0 spiro atoms. The topological polar surface area (TPSA) is 56.8 Å². The van der Waals surface area contributed by atoms with Crippen LogP contribution < -0.4 is 14.8 Å². The predicted octanol–water partition coefficient (Wildman–Crippen LogP) is 2.40. The molecule has 0 saturated heterocycles. The molecule has 5 heteroatoms. The van der Waals surface area contributed by atoms with Crippen molar-refractivity contribution < 1.29 is 19.0 Å². The van der Waals surface area contributed by atoms with E-state index in [4.69, 9.17) is 14.2 Å². The highest BCUT2D eigenvalue weighted by Crippen LogP contribution is 2.20. The van der Waals surface area contributed by atoms with Gasteiger partial charge in [-0.3, -0.25) is 4.79 Å². The van der Waals surface area contributed by atoms with Crippen LogP contribution in [0.3, 0.4) is 0 Å². The van der Waals surface area contributed by atoms with Gasteiger partial charge in [0.2, 0.25) is 0 Å². The predicted molar refractivity (Wildman–Crippen MR) is 81.8 cm³/mol. The minimum atomic E-state index is -0.673. The van der Waals surface area contributed by atoms with Gasteiger partial charge < -0.3 is 19.5 Å².